The number of benzene rings is 1. The lowest BCUT2D eigenvalue weighted by atomic mass is 10.3. The first-order valence-electron chi connectivity index (χ1n) is 8.17. The molecular weight excluding hydrogens is 346 g/mol. The molecule has 1 saturated heterocycles. The van der Waals surface area contributed by atoms with E-state index < -0.39 is 10.0 Å². The average Bonchev–Trinajstić information content (AvgIpc) is 2.96. The van der Waals surface area contributed by atoms with E-state index in [1.807, 2.05) is 0 Å². The SMILES string of the molecule is C[C@H]1C[C@@H]1C(=O)Nc1nc2ccc(S(=O)(=O)N3CCCC3)cc2s1. The number of carbonyl (C=O) groups is 1. The average molecular weight is 365 g/mol. The Labute approximate surface area is 144 Å². The second-order valence-corrected chi connectivity index (χ2v) is 9.54. The van der Waals surface area contributed by atoms with Crippen LogP contribution in [-0.4, -0.2) is 36.7 Å². The molecule has 1 aromatic carbocycles. The fourth-order valence-corrected chi connectivity index (χ4v) is 5.61. The maximum absolute atomic E-state index is 12.6. The predicted molar refractivity (Wildman–Crippen MR) is 93.5 cm³/mol. The Morgan fingerprint density at radius 2 is 2.04 bits per heavy atom. The molecular formula is C16H19N3O3S2. The number of rotatable bonds is 4. The molecule has 1 N–H and O–H groups in total. The zero-order valence-electron chi connectivity index (χ0n) is 13.4. The summed E-state index contributed by atoms with van der Waals surface area (Å²) < 4.78 is 27.6. The van der Waals surface area contributed by atoms with Crippen LogP contribution in [0.5, 0.6) is 0 Å². The number of fused-ring (bicyclic) bond motifs is 1. The third-order valence-electron chi connectivity index (χ3n) is 4.74. The summed E-state index contributed by atoms with van der Waals surface area (Å²) in [5, 5.41) is 3.38. The fourth-order valence-electron chi connectivity index (χ4n) is 3.08. The van der Waals surface area contributed by atoms with Crippen molar-refractivity contribution in [3.05, 3.63) is 18.2 Å². The molecule has 8 heteroatoms. The topological polar surface area (TPSA) is 79.4 Å². The first-order chi connectivity index (χ1) is 11.4. The molecule has 2 aromatic rings. The van der Waals surface area contributed by atoms with E-state index in [4.69, 9.17) is 0 Å². The molecule has 0 unspecified atom stereocenters. The number of thiazole rings is 1. The van der Waals surface area contributed by atoms with Crippen molar-refractivity contribution in [2.75, 3.05) is 18.4 Å². The Morgan fingerprint density at radius 1 is 1.33 bits per heavy atom. The molecule has 0 radical (unpaired) electrons. The standard InChI is InChI=1S/C16H19N3O3S2/c1-10-8-12(10)15(20)18-16-17-13-5-4-11(9-14(13)23-16)24(21,22)19-6-2-3-7-19/h4-5,9-10,12H,2-3,6-8H2,1H3,(H,17,18,20)/t10-,12-/m0/s1. The summed E-state index contributed by atoms with van der Waals surface area (Å²) in [6.07, 6.45) is 2.75. The highest BCUT2D eigenvalue weighted by molar-refractivity contribution is 7.89. The molecule has 0 spiro atoms. The minimum atomic E-state index is -3.43. The Balaban J connectivity index is 1.60. The van der Waals surface area contributed by atoms with Gasteiger partial charge in [0.05, 0.1) is 15.1 Å². The van der Waals surface area contributed by atoms with Gasteiger partial charge in [0.2, 0.25) is 15.9 Å². The van der Waals surface area contributed by atoms with Crippen molar-refractivity contribution < 1.29 is 13.2 Å². The molecule has 1 saturated carbocycles. The van der Waals surface area contributed by atoms with Crippen LogP contribution >= 0.6 is 11.3 Å². The van der Waals surface area contributed by atoms with E-state index in [1.54, 1.807) is 18.2 Å². The summed E-state index contributed by atoms with van der Waals surface area (Å²) in [4.78, 5) is 16.7. The van der Waals surface area contributed by atoms with Gasteiger partial charge in [0.1, 0.15) is 0 Å². The lowest BCUT2D eigenvalue weighted by Gasteiger charge is -2.15. The van der Waals surface area contributed by atoms with Crippen LogP contribution in [0.3, 0.4) is 0 Å². The maximum atomic E-state index is 12.6. The van der Waals surface area contributed by atoms with Crippen LogP contribution in [0.4, 0.5) is 5.13 Å². The van der Waals surface area contributed by atoms with Gasteiger partial charge in [0.15, 0.2) is 5.13 Å². The third-order valence-corrected chi connectivity index (χ3v) is 7.57. The molecule has 24 heavy (non-hydrogen) atoms. The largest absolute Gasteiger partial charge is 0.302 e. The highest BCUT2D eigenvalue weighted by Gasteiger charge is 2.39. The van der Waals surface area contributed by atoms with Crippen molar-refractivity contribution >= 4 is 42.6 Å². The van der Waals surface area contributed by atoms with Crippen LogP contribution in [0, 0.1) is 11.8 Å². The molecule has 1 aliphatic carbocycles. The monoisotopic (exact) mass is 365 g/mol. The number of carbonyl (C=O) groups excluding carboxylic acids is 1. The number of nitrogens with one attached hydrogen (secondary N) is 1. The second kappa shape index (κ2) is 5.79. The Kier molecular flexibility index (Phi) is 3.85. The van der Waals surface area contributed by atoms with E-state index in [2.05, 4.69) is 17.2 Å². The summed E-state index contributed by atoms with van der Waals surface area (Å²) in [6, 6.07) is 4.98. The van der Waals surface area contributed by atoms with Gasteiger partial charge in [-0.1, -0.05) is 18.3 Å². The smallest absolute Gasteiger partial charge is 0.243 e. The van der Waals surface area contributed by atoms with Gasteiger partial charge in [0.25, 0.3) is 0 Å². The van der Waals surface area contributed by atoms with Crippen LogP contribution in [0.1, 0.15) is 26.2 Å². The Morgan fingerprint density at radius 3 is 2.71 bits per heavy atom. The molecule has 1 aliphatic heterocycles. The molecule has 1 aromatic heterocycles. The van der Waals surface area contributed by atoms with Gasteiger partial charge >= 0.3 is 0 Å². The number of amides is 1. The molecule has 2 atom stereocenters. The number of anilines is 1. The second-order valence-electron chi connectivity index (χ2n) is 6.57. The summed E-state index contributed by atoms with van der Waals surface area (Å²) in [7, 11) is -3.43. The number of aromatic nitrogens is 1. The van der Waals surface area contributed by atoms with Crippen molar-refractivity contribution in [1.82, 2.24) is 9.29 Å². The van der Waals surface area contributed by atoms with Crippen LogP contribution in [-0.2, 0) is 14.8 Å². The molecule has 2 aliphatic rings. The molecule has 2 fully saturated rings. The Hall–Kier alpha value is -1.51. The van der Waals surface area contributed by atoms with Gasteiger partial charge in [-0.3, -0.25) is 4.79 Å². The predicted octanol–water partition coefficient (Wildman–Crippen LogP) is 2.68. The van der Waals surface area contributed by atoms with Crippen LogP contribution < -0.4 is 5.32 Å². The maximum Gasteiger partial charge on any atom is 0.243 e. The number of nitrogens with zero attached hydrogens (tertiary/aromatic N) is 2. The molecule has 0 bridgehead atoms. The first kappa shape index (κ1) is 16.0. The normalized spacial score (nSPS) is 24.4. The van der Waals surface area contributed by atoms with Crippen molar-refractivity contribution in [1.29, 1.82) is 0 Å². The van der Waals surface area contributed by atoms with Crippen LogP contribution in [0.15, 0.2) is 23.1 Å². The zero-order valence-corrected chi connectivity index (χ0v) is 15.0. The van der Waals surface area contributed by atoms with Crippen molar-refractivity contribution in [3.8, 4) is 0 Å². The zero-order chi connectivity index (χ0) is 16.9. The summed E-state index contributed by atoms with van der Waals surface area (Å²) in [5.74, 6) is 0.533. The fraction of sp³-hybridized carbons (Fsp3) is 0.500. The van der Waals surface area contributed by atoms with E-state index >= 15 is 0 Å². The number of hydrogen-bond acceptors (Lipinski definition) is 5. The van der Waals surface area contributed by atoms with Gasteiger partial charge in [-0.05, 0) is 43.4 Å². The molecule has 4 rings (SSSR count). The van der Waals surface area contributed by atoms with Gasteiger partial charge < -0.3 is 5.32 Å². The minimum absolute atomic E-state index is 0.00599. The highest BCUT2D eigenvalue weighted by atomic mass is 32.2. The van der Waals surface area contributed by atoms with Gasteiger partial charge in [0, 0.05) is 19.0 Å². The quantitative estimate of drug-likeness (QED) is 0.903. The Bertz CT molecular complexity index is 900. The van der Waals surface area contributed by atoms with Crippen LogP contribution in [0.2, 0.25) is 0 Å². The number of hydrogen-bond donors (Lipinski definition) is 1. The van der Waals surface area contributed by atoms with Crippen LogP contribution in [0.25, 0.3) is 10.2 Å². The van der Waals surface area contributed by atoms with Crippen molar-refractivity contribution in [2.24, 2.45) is 11.8 Å². The van der Waals surface area contributed by atoms with Gasteiger partial charge in [-0.25, -0.2) is 13.4 Å². The molecule has 2 heterocycles. The van der Waals surface area contributed by atoms with Gasteiger partial charge in [-0.2, -0.15) is 4.31 Å². The van der Waals surface area contributed by atoms with E-state index in [0.29, 0.717) is 34.6 Å². The van der Waals surface area contributed by atoms with Gasteiger partial charge in [-0.15, -0.1) is 0 Å². The van der Waals surface area contributed by atoms with E-state index in [0.717, 1.165) is 24.0 Å². The molecule has 6 nitrogen and oxygen atoms in total. The summed E-state index contributed by atoms with van der Waals surface area (Å²) in [6.45, 7) is 3.23. The molecule has 128 valence electrons. The minimum Gasteiger partial charge on any atom is -0.302 e. The van der Waals surface area contributed by atoms with E-state index in [1.165, 1.54) is 15.6 Å². The summed E-state index contributed by atoms with van der Waals surface area (Å²) in [5.41, 5.74) is 0.708. The third kappa shape index (κ3) is 2.82. The van der Waals surface area contributed by atoms with E-state index in [-0.39, 0.29) is 11.8 Å². The van der Waals surface area contributed by atoms with Crippen molar-refractivity contribution in [3.63, 3.8) is 0 Å². The lowest BCUT2D eigenvalue weighted by molar-refractivity contribution is -0.117. The lowest BCUT2D eigenvalue weighted by Crippen LogP contribution is -2.27. The number of sulfonamides is 1. The van der Waals surface area contributed by atoms with E-state index in [9.17, 15) is 13.2 Å². The molecule has 1 amide bonds. The summed E-state index contributed by atoms with van der Waals surface area (Å²) >= 11 is 1.32. The van der Waals surface area contributed by atoms with Crippen molar-refractivity contribution in [2.45, 2.75) is 31.1 Å². The highest BCUT2D eigenvalue weighted by Crippen LogP contribution is 2.39. The first-order valence-corrected chi connectivity index (χ1v) is 10.4.